The summed E-state index contributed by atoms with van der Waals surface area (Å²) in [6.45, 7) is 3.34. The quantitative estimate of drug-likeness (QED) is 0.715. The van der Waals surface area contributed by atoms with Crippen molar-refractivity contribution in [3.05, 3.63) is 77.6 Å². The molecule has 0 fully saturated rings. The van der Waals surface area contributed by atoms with Crippen LogP contribution < -0.4 is 14.8 Å². The molecule has 0 spiro atoms. The van der Waals surface area contributed by atoms with Gasteiger partial charge in [-0.1, -0.05) is 12.1 Å². The molecule has 150 valence electrons. The summed E-state index contributed by atoms with van der Waals surface area (Å²) in [6, 6.07) is 17.1. The summed E-state index contributed by atoms with van der Waals surface area (Å²) < 4.78 is 13.2. The Morgan fingerprint density at radius 1 is 1.03 bits per heavy atom. The third-order valence-corrected chi connectivity index (χ3v) is 5.30. The molecule has 0 saturated heterocycles. The fourth-order valence-electron chi connectivity index (χ4n) is 3.90. The van der Waals surface area contributed by atoms with E-state index in [0.29, 0.717) is 6.54 Å². The Morgan fingerprint density at radius 2 is 1.90 bits per heavy atom. The minimum Gasteiger partial charge on any atom is -0.497 e. The highest BCUT2D eigenvalue weighted by molar-refractivity contribution is 5.90. The first-order valence-electron chi connectivity index (χ1n) is 9.62. The van der Waals surface area contributed by atoms with E-state index in [2.05, 4.69) is 16.0 Å². The highest BCUT2D eigenvalue weighted by atomic mass is 16.5. The lowest BCUT2D eigenvalue weighted by Gasteiger charge is -2.37. The zero-order chi connectivity index (χ0) is 20.4. The van der Waals surface area contributed by atoms with Gasteiger partial charge in [0.15, 0.2) is 0 Å². The lowest BCUT2D eigenvalue weighted by atomic mass is 9.98. The largest absolute Gasteiger partial charge is 0.497 e. The van der Waals surface area contributed by atoms with Crippen molar-refractivity contribution in [2.24, 2.45) is 0 Å². The van der Waals surface area contributed by atoms with Gasteiger partial charge in [0.1, 0.15) is 17.5 Å². The molecule has 1 aromatic heterocycles. The van der Waals surface area contributed by atoms with Gasteiger partial charge in [0.2, 0.25) is 0 Å². The van der Waals surface area contributed by atoms with Gasteiger partial charge in [-0.25, -0.2) is 4.79 Å². The fourth-order valence-corrected chi connectivity index (χ4v) is 3.90. The molecule has 0 aliphatic carbocycles. The van der Waals surface area contributed by atoms with E-state index in [1.54, 1.807) is 14.2 Å². The summed E-state index contributed by atoms with van der Waals surface area (Å²) in [5.74, 6) is 1.45. The summed E-state index contributed by atoms with van der Waals surface area (Å²) >= 11 is 0. The highest BCUT2D eigenvalue weighted by Gasteiger charge is 2.34. The third-order valence-electron chi connectivity index (χ3n) is 5.30. The van der Waals surface area contributed by atoms with Crippen LogP contribution in [0.2, 0.25) is 0 Å². The summed E-state index contributed by atoms with van der Waals surface area (Å²) in [4.78, 5) is 15.1. The maximum atomic E-state index is 13.3. The molecule has 2 aromatic carbocycles. The molecule has 6 heteroatoms. The Bertz CT molecular complexity index is 1030. The smallest absolute Gasteiger partial charge is 0.322 e. The molecule has 6 nitrogen and oxygen atoms in total. The first-order chi connectivity index (χ1) is 14.1. The maximum Gasteiger partial charge on any atom is 0.322 e. The van der Waals surface area contributed by atoms with Crippen molar-refractivity contribution in [2.75, 3.05) is 26.1 Å². The number of hydrogen-bond acceptors (Lipinski definition) is 3. The molecular formula is C23H25N3O3. The number of benzene rings is 2. The van der Waals surface area contributed by atoms with Crippen LogP contribution in [0.5, 0.6) is 11.5 Å². The predicted octanol–water partition coefficient (Wildman–Crippen LogP) is 4.45. The van der Waals surface area contributed by atoms with Crippen LogP contribution in [-0.2, 0) is 6.54 Å². The zero-order valence-electron chi connectivity index (χ0n) is 16.9. The Hall–Kier alpha value is -3.41. The number of fused-ring (bicyclic) bond motifs is 1. The number of carbonyl (C=O) groups is 1. The molecule has 1 aliphatic heterocycles. The van der Waals surface area contributed by atoms with Crippen LogP contribution in [0.4, 0.5) is 10.5 Å². The first-order valence-corrected chi connectivity index (χ1v) is 9.62. The zero-order valence-corrected chi connectivity index (χ0v) is 16.9. The van der Waals surface area contributed by atoms with Crippen LogP contribution in [0.25, 0.3) is 0 Å². The van der Waals surface area contributed by atoms with Crippen molar-refractivity contribution in [2.45, 2.75) is 19.5 Å². The monoisotopic (exact) mass is 391 g/mol. The van der Waals surface area contributed by atoms with Gasteiger partial charge in [-0.15, -0.1) is 0 Å². The number of aryl methyl sites for hydroxylation is 1. The molecule has 0 bridgehead atoms. The van der Waals surface area contributed by atoms with E-state index < -0.39 is 0 Å². The van der Waals surface area contributed by atoms with Crippen LogP contribution >= 0.6 is 0 Å². The second-order valence-corrected chi connectivity index (χ2v) is 7.13. The van der Waals surface area contributed by atoms with Crippen LogP contribution in [0.15, 0.2) is 60.8 Å². The second kappa shape index (κ2) is 7.91. The SMILES string of the molecule is COc1ccc(OC)c(C2c3cccn3CCN2C(=O)Nc2cccc(C)c2)c1. The van der Waals surface area contributed by atoms with Crippen molar-refractivity contribution in [3.8, 4) is 11.5 Å². The number of nitrogens with one attached hydrogen (secondary N) is 1. The molecule has 4 rings (SSSR count). The summed E-state index contributed by atoms with van der Waals surface area (Å²) in [7, 11) is 3.28. The van der Waals surface area contributed by atoms with Crippen LogP contribution in [0.1, 0.15) is 22.9 Å². The van der Waals surface area contributed by atoms with E-state index in [-0.39, 0.29) is 12.1 Å². The highest BCUT2D eigenvalue weighted by Crippen LogP contribution is 2.39. The summed E-state index contributed by atoms with van der Waals surface area (Å²) in [5.41, 5.74) is 3.82. The number of ether oxygens (including phenoxy) is 2. The molecule has 0 radical (unpaired) electrons. The lowest BCUT2D eigenvalue weighted by Crippen LogP contribution is -2.44. The standard InChI is InChI=1S/C23H25N3O3/c1-16-6-4-7-17(14-16)24-23(27)26-13-12-25-11-5-8-20(25)22(26)19-15-18(28-2)9-10-21(19)29-3/h4-11,14-15,22H,12-13H2,1-3H3,(H,24,27). The molecule has 1 unspecified atom stereocenters. The molecule has 3 aromatic rings. The average Bonchev–Trinajstić information content (AvgIpc) is 3.21. The van der Waals surface area contributed by atoms with Gasteiger partial charge in [-0.3, -0.25) is 0 Å². The Balaban J connectivity index is 1.75. The molecule has 1 aliphatic rings. The van der Waals surface area contributed by atoms with Crippen molar-refractivity contribution in [3.63, 3.8) is 0 Å². The number of carbonyl (C=O) groups excluding carboxylic acids is 1. The van der Waals surface area contributed by atoms with Gasteiger partial charge in [0, 0.05) is 36.2 Å². The number of nitrogens with zero attached hydrogens (tertiary/aromatic N) is 2. The Morgan fingerprint density at radius 3 is 2.66 bits per heavy atom. The first kappa shape index (κ1) is 18.9. The maximum absolute atomic E-state index is 13.3. The number of urea groups is 1. The van der Waals surface area contributed by atoms with Gasteiger partial charge in [0.05, 0.1) is 14.2 Å². The van der Waals surface area contributed by atoms with Gasteiger partial charge in [0.25, 0.3) is 0 Å². The number of methoxy groups -OCH3 is 2. The number of aromatic nitrogens is 1. The molecule has 0 saturated carbocycles. The van der Waals surface area contributed by atoms with Gasteiger partial charge in [-0.05, 0) is 55.0 Å². The molecule has 1 N–H and O–H groups in total. The summed E-state index contributed by atoms with van der Waals surface area (Å²) in [6.07, 6.45) is 2.05. The minimum absolute atomic E-state index is 0.141. The molecule has 2 heterocycles. The van der Waals surface area contributed by atoms with Gasteiger partial charge >= 0.3 is 6.03 Å². The van der Waals surface area contributed by atoms with Gasteiger partial charge < -0.3 is 24.3 Å². The van der Waals surface area contributed by atoms with Crippen molar-refractivity contribution >= 4 is 11.7 Å². The molecule has 29 heavy (non-hydrogen) atoms. The second-order valence-electron chi connectivity index (χ2n) is 7.13. The van der Waals surface area contributed by atoms with Crippen LogP contribution in [0, 0.1) is 6.92 Å². The predicted molar refractivity (Wildman–Crippen MR) is 113 cm³/mol. The van der Waals surface area contributed by atoms with E-state index in [0.717, 1.165) is 40.6 Å². The van der Waals surface area contributed by atoms with Crippen molar-refractivity contribution in [1.82, 2.24) is 9.47 Å². The Kier molecular flexibility index (Phi) is 5.16. The van der Waals surface area contributed by atoms with Crippen LogP contribution in [-0.4, -0.2) is 36.3 Å². The number of rotatable bonds is 4. The van der Waals surface area contributed by atoms with E-state index in [4.69, 9.17) is 9.47 Å². The molecule has 1 atom stereocenters. The van der Waals surface area contributed by atoms with E-state index in [1.165, 1.54) is 0 Å². The van der Waals surface area contributed by atoms with Gasteiger partial charge in [-0.2, -0.15) is 0 Å². The fraction of sp³-hybridized carbons (Fsp3) is 0.261. The van der Waals surface area contributed by atoms with Crippen molar-refractivity contribution < 1.29 is 14.3 Å². The molecule has 2 amide bonds. The van der Waals surface area contributed by atoms with E-state index in [1.807, 2.05) is 66.6 Å². The third kappa shape index (κ3) is 3.66. The Labute approximate surface area is 170 Å². The summed E-state index contributed by atoms with van der Waals surface area (Å²) in [5, 5.41) is 3.05. The lowest BCUT2D eigenvalue weighted by molar-refractivity contribution is 0.180. The minimum atomic E-state index is -0.284. The topological polar surface area (TPSA) is 55.7 Å². The van der Waals surface area contributed by atoms with Crippen LogP contribution in [0.3, 0.4) is 0 Å². The van der Waals surface area contributed by atoms with E-state index in [9.17, 15) is 4.79 Å². The average molecular weight is 391 g/mol. The number of hydrogen-bond donors (Lipinski definition) is 1. The van der Waals surface area contributed by atoms with Crippen molar-refractivity contribution in [1.29, 1.82) is 0 Å². The number of anilines is 1. The normalized spacial score (nSPS) is 15.6. The molecular weight excluding hydrogens is 366 g/mol. The van der Waals surface area contributed by atoms with E-state index >= 15 is 0 Å². The number of amides is 2.